The lowest BCUT2D eigenvalue weighted by Gasteiger charge is -2.00. The van der Waals surface area contributed by atoms with Gasteiger partial charge in [-0.2, -0.15) is 0 Å². The van der Waals surface area contributed by atoms with Gasteiger partial charge in [0.15, 0.2) is 0 Å². The summed E-state index contributed by atoms with van der Waals surface area (Å²) < 4.78 is 1.62. The highest BCUT2D eigenvalue weighted by Gasteiger charge is 2.06. The van der Waals surface area contributed by atoms with Crippen LogP contribution in [0.4, 0.5) is 0 Å². The Bertz CT molecular complexity index is 733. The highest BCUT2D eigenvalue weighted by atomic mass is 16.4. The maximum atomic E-state index is 10.8. The summed E-state index contributed by atoms with van der Waals surface area (Å²) in [6, 6.07) is 16.2. The summed E-state index contributed by atoms with van der Waals surface area (Å²) in [6.07, 6.45) is 1.81. The van der Waals surface area contributed by atoms with Crippen LogP contribution in [0.3, 0.4) is 0 Å². The van der Waals surface area contributed by atoms with Gasteiger partial charge >= 0.3 is 5.97 Å². The van der Waals surface area contributed by atoms with E-state index in [9.17, 15) is 4.79 Å². The predicted octanol–water partition coefficient (Wildman–Crippen LogP) is 2.63. The average molecular weight is 265 g/mol. The van der Waals surface area contributed by atoms with E-state index in [0.717, 1.165) is 16.9 Å². The summed E-state index contributed by atoms with van der Waals surface area (Å²) in [5.74, 6) is -0.944. The number of aromatic nitrogens is 3. The van der Waals surface area contributed by atoms with Crippen molar-refractivity contribution in [1.82, 2.24) is 15.0 Å². The molecule has 2 aromatic carbocycles. The first kappa shape index (κ1) is 12.1. The number of hydrogen-bond acceptors (Lipinski definition) is 3. The smallest absolute Gasteiger partial charge is 0.335 e. The topological polar surface area (TPSA) is 68.0 Å². The summed E-state index contributed by atoms with van der Waals surface area (Å²) in [5, 5.41) is 17.0. The Hall–Kier alpha value is -2.95. The highest BCUT2D eigenvalue weighted by molar-refractivity contribution is 5.87. The molecule has 0 bridgehead atoms. The van der Waals surface area contributed by atoms with Crippen molar-refractivity contribution in [2.24, 2.45) is 0 Å². The Kier molecular flexibility index (Phi) is 3.01. The molecule has 0 radical (unpaired) electrons. The van der Waals surface area contributed by atoms with E-state index >= 15 is 0 Å². The monoisotopic (exact) mass is 265 g/mol. The molecule has 0 spiro atoms. The Morgan fingerprint density at radius 3 is 2.35 bits per heavy atom. The van der Waals surface area contributed by atoms with Gasteiger partial charge in [-0.05, 0) is 24.3 Å². The van der Waals surface area contributed by atoms with Crippen LogP contribution >= 0.6 is 0 Å². The zero-order valence-electron chi connectivity index (χ0n) is 10.5. The van der Waals surface area contributed by atoms with Crippen molar-refractivity contribution in [1.29, 1.82) is 0 Å². The summed E-state index contributed by atoms with van der Waals surface area (Å²) in [4.78, 5) is 10.8. The second-order valence-corrected chi connectivity index (χ2v) is 4.27. The van der Waals surface area contributed by atoms with Crippen molar-refractivity contribution >= 4 is 5.97 Å². The largest absolute Gasteiger partial charge is 0.478 e. The van der Waals surface area contributed by atoms with Crippen LogP contribution in [0.5, 0.6) is 0 Å². The first-order valence-electron chi connectivity index (χ1n) is 6.05. The Morgan fingerprint density at radius 1 is 1.00 bits per heavy atom. The fourth-order valence-electron chi connectivity index (χ4n) is 1.89. The van der Waals surface area contributed by atoms with Crippen LogP contribution in [0, 0.1) is 0 Å². The quantitative estimate of drug-likeness (QED) is 0.790. The van der Waals surface area contributed by atoms with Gasteiger partial charge in [-0.25, -0.2) is 9.48 Å². The van der Waals surface area contributed by atoms with Gasteiger partial charge in [-0.15, -0.1) is 5.10 Å². The third-order valence-corrected chi connectivity index (χ3v) is 2.94. The van der Waals surface area contributed by atoms with Crippen LogP contribution in [0.25, 0.3) is 16.9 Å². The first-order valence-corrected chi connectivity index (χ1v) is 6.05. The van der Waals surface area contributed by atoms with Crippen molar-refractivity contribution in [3.05, 3.63) is 66.4 Å². The maximum absolute atomic E-state index is 10.8. The minimum atomic E-state index is -0.944. The van der Waals surface area contributed by atoms with Crippen LogP contribution in [0.15, 0.2) is 60.8 Å². The highest BCUT2D eigenvalue weighted by Crippen LogP contribution is 2.17. The lowest BCUT2D eigenvalue weighted by Crippen LogP contribution is -1.98. The van der Waals surface area contributed by atoms with E-state index in [1.54, 1.807) is 28.9 Å². The molecule has 0 saturated carbocycles. The van der Waals surface area contributed by atoms with Crippen LogP contribution in [0.1, 0.15) is 10.4 Å². The van der Waals surface area contributed by atoms with Crippen LogP contribution in [-0.4, -0.2) is 26.1 Å². The molecule has 3 rings (SSSR count). The van der Waals surface area contributed by atoms with Gasteiger partial charge in [0.05, 0.1) is 17.4 Å². The molecule has 0 fully saturated rings. The third-order valence-electron chi connectivity index (χ3n) is 2.94. The van der Waals surface area contributed by atoms with E-state index < -0.39 is 5.97 Å². The van der Waals surface area contributed by atoms with Gasteiger partial charge in [0.2, 0.25) is 0 Å². The Balaban J connectivity index is 1.92. The average Bonchev–Trinajstić information content (AvgIpc) is 2.98. The number of aromatic carboxylic acids is 1. The second-order valence-electron chi connectivity index (χ2n) is 4.27. The molecule has 0 aliphatic heterocycles. The van der Waals surface area contributed by atoms with Gasteiger partial charge in [0, 0.05) is 5.56 Å². The van der Waals surface area contributed by atoms with Gasteiger partial charge in [-0.3, -0.25) is 0 Å². The zero-order valence-corrected chi connectivity index (χ0v) is 10.5. The lowest BCUT2D eigenvalue weighted by molar-refractivity contribution is 0.0697. The van der Waals surface area contributed by atoms with E-state index in [1.165, 1.54) is 0 Å². The third kappa shape index (κ3) is 2.29. The maximum Gasteiger partial charge on any atom is 0.335 e. The van der Waals surface area contributed by atoms with Crippen molar-refractivity contribution in [3.63, 3.8) is 0 Å². The molecule has 3 aromatic rings. The van der Waals surface area contributed by atoms with Gasteiger partial charge in [0.25, 0.3) is 0 Å². The molecule has 98 valence electrons. The molecule has 0 amide bonds. The second kappa shape index (κ2) is 4.97. The van der Waals surface area contributed by atoms with Gasteiger partial charge in [0.1, 0.15) is 5.69 Å². The molecular weight excluding hydrogens is 254 g/mol. The van der Waals surface area contributed by atoms with Gasteiger partial charge in [-0.1, -0.05) is 35.5 Å². The molecule has 0 unspecified atom stereocenters. The standard InChI is InChI=1S/C15H11N3O2/c19-15(20)12-6-8-13(9-7-12)18-10-14(16-17-18)11-4-2-1-3-5-11/h1-10H,(H,19,20). The fraction of sp³-hybridized carbons (Fsp3) is 0. The van der Waals surface area contributed by atoms with E-state index in [1.807, 2.05) is 36.5 Å². The summed E-state index contributed by atoms with van der Waals surface area (Å²) in [7, 11) is 0. The summed E-state index contributed by atoms with van der Waals surface area (Å²) in [5.41, 5.74) is 2.77. The van der Waals surface area contributed by atoms with Crippen molar-refractivity contribution < 1.29 is 9.90 Å². The molecule has 0 aliphatic carbocycles. The number of nitrogens with zero attached hydrogens (tertiary/aromatic N) is 3. The molecular formula is C15H11N3O2. The number of carboxylic acids is 1. The van der Waals surface area contributed by atoms with Crippen LogP contribution < -0.4 is 0 Å². The van der Waals surface area contributed by atoms with Gasteiger partial charge < -0.3 is 5.11 Å². The Morgan fingerprint density at radius 2 is 1.70 bits per heavy atom. The Labute approximate surface area is 115 Å². The number of hydrogen-bond donors (Lipinski definition) is 1. The van der Waals surface area contributed by atoms with Crippen LogP contribution in [0.2, 0.25) is 0 Å². The molecule has 5 nitrogen and oxygen atoms in total. The fourth-order valence-corrected chi connectivity index (χ4v) is 1.89. The summed E-state index contributed by atoms with van der Waals surface area (Å²) >= 11 is 0. The normalized spacial score (nSPS) is 10.4. The van der Waals surface area contributed by atoms with E-state index in [0.29, 0.717) is 0 Å². The number of rotatable bonds is 3. The zero-order chi connectivity index (χ0) is 13.9. The molecule has 0 saturated heterocycles. The van der Waals surface area contributed by atoms with Crippen molar-refractivity contribution in [3.8, 4) is 16.9 Å². The molecule has 1 heterocycles. The van der Waals surface area contributed by atoms with E-state index in [-0.39, 0.29) is 5.56 Å². The molecule has 1 aromatic heterocycles. The molecule has 20 heavy (non-hydrogen) atoms. The molecule has 0 aliphatic rings. The van der Waals surface area contributed by atoms with Crippen molar-refractivity contribution in [2.45, 2.75) is 0 Å². The van der Waals surface area contributed by atoms with E-state index in [4.69, 9.17) is 5.11 Å². The molecule has 1 N–H and O–H groups in total. The first-order chi connectivity index (χ1) is 9.74. The lowest BCUT2D eigenvalue weighted by atomic mass is 10.2. The number of carboxylic acid groups (broad SMARTS) is 1. The number of benzene rings is 2. The predicted molar refractivity (Wildman–Crippen MR) is 73.8 cm³/mol. The molecule has 5 heteroatoms. The number of carbonyl (C=O) groups is 1. The summed E-state index contributed by atoms with van der Waals surface area (Å²) in [6.45, 7) is 0. The minimum Gasteiger partial charge on any atom is -0.478 e. The minimum absolute atomic E-state index is 0.247. The van der Waals surface area contributed by atoms with E-state index in [2.05, 4.69) is 10.3 Å². The molecule has 0 atom stereocenters. The van der Waals surface area contributed by atoms with Crippen molar-refractivity contribution in [2.75, 3.05) is 0 Å². The SMILES string of the molecule is O=C(O)c1ccc(-n2cc(-c3ccccc3)nn2)cc1. The van der Waals surface area contributed by atoms with Crippen LogP contribution in [-0.2, 0) is 0 Å².